The molecule has 158 valence electrons. The number of piperidine rings is 1. The zero-order valence-electron chi connectivity index (χ0n) is 17.3. The van der Waals surface area contributed by atoms with Gasteiger partial charge in [-0.2, -0.15) is 9.49 Å². The summed E-state index contributed by atoms with van der Waals surface area (Å²) < 4.78 is 21.7. The molecule has 1 fully saturated rings. The van der Waals surface area contributed by atoms with E-state index in [1.807, 2.05) is 56.5 Å². The average Bonchev–Trinajstić information content (AvgIpc) is 3.34. The second-order valence-corrected chi connectivity index (χ2v) is 9.27. The molecule has 1 saturated heterocycles. The first kappa shape index (κ1) is 20.5. The third-order valence-electron chi connectivity index (χ3n) is 5.03. The Labute approximate surface area is 179 Å². The van der Waals surface area contributed by atoms with Gasteiger partial charge in [0.25, 0.3) is 0 Å². The molecule has 0 radical (unpaired) electrons. The van der Waals surface area contributed by atoms with Crippen LogP contribution in [0, 0.1) is 5.95 Å². The van der Waals surface area contributed by atoms with E-state index in [4.69, 9.17) is 9.72 Å². The number of benzene rings is 1. The van der Waals surface area contributed by atoms with Gasteiger partial charge >= 0.3 is 6.09 Å². The number of amides is 1. The monoisotopic (exact) mass is 428 g/mol. The second kappa shape index (κ2) is 8.18. The van der Waals surface area contributed by atoms with Crippen LogP contribution in [0.5, 0.6) is 0 Å². The van der Waals surface area contributed by atoms with E-state index in [9.17, 15) is 9.18 Å². The number of thiazole rings is 1. The molecule has 1 aliphatic heterocycles. The van der Waals surface area contributed by atoms with Crippen LogP contribution in [0.2, 0.25) is 0 Å². The van der Waals surface area contributed by atoms with Crippen LogP contribution >= 0.6 is 11.3 Å². The first-order valence-corrected chi connectivity index (χ1v) is 10.9. The number of ether oxygens (including phenoxy) is 1. The summed E-state index contributed by atoms with van der Waals surface area (Å²) in [6.45, 7) is 6.87. The average molecular weight is 429 g/mol. The van der Waals surface area contributed by atoms with Crippen LogP contribution in [0.4, 0.5) is 9.18 Å². The number of halogens is 1. The third kappa shape index (κ3) is 4.38. The van der Waals surface area contributed by atoms with Gasteiger partial charge in [-0.05, 0) is 45.7 Å². The molecule has 0 bridgehead atoms. The minimum Gasteiger partial charge on any atom is -0.444 e. The molecule has 3 heterocycles. The van der Waals surface area contributed by atoms with E-state index in [0.717, 1.165) is 18.5 Å². The number of nitrogens with zero attached hydrogens (tertiary/aromatic N) is 4. The van der Waals surface area contributed by atoms with Gasteiger partial charge in [-0.25, -0.2) is 14.5 Å². The largest absolute Gasteiger partial charge is 0.444 e. The summed E-state index contributed by atoms with van der Waals surface area (Å²) in [5.74, 6) is -0.164. The first-order valence-electron chi connectivity index (χ1n) is 10.0. The van der Waals surface area contributed by atoms with Gasteiger partial charge in [-0.1, -0.05) is 18.2 Å². The summed E-state index contributed by atoms with van der Waals surface area (Å²) in [4.78, 5) is 18.7. The third-order valence-corrected chi connectivity index (χ3v) is 5.92. The molecule has 8 heteroatoms. The molecule has 0 spiro atoms. The summed E-state index contributed by atoms with van der Waals surface area (Å²) in [6.07, 6.45) is 2.88. The highest BCUT2D eigenvalue weighted by Gasteiger charge is 2.29. The van der Waals surface area contributed by atoms with E-state index in [0.29, 0.717) is 29.3 Å². The molecular weight excluding hydrogens is 403 g/mol. The van der Waals surface area contributed by atoms with Gasteiger partial charge in [0, 0.05) is 24.4 Å². The maximum atomic E-state index is 14.9. The van der Waals surface area contributed by atoms with Crippen molar-refractivity contribution >= 4 is 17.4 Å². The van der Waals surface area contributed by atoms with Crippen molar-refractivity contribution < 1.29 is 13.9 Å². The van der Waals surface area contributed by atoms with Gasteiger partial charge in [0.1, 0.15) is 10.6 Å². The number of para-hydroxylation sites is 1. The van der Waals surface area contributed by atoms with Crippen LogP contribution in [-0.4, -0.2) is 44.4 Å². The van der Waals surface area contributed by atoms with Gasteiger partial charge in [0.15, 0.2) is 0 Å². The zero-order chi connectivity index (χ0) is 21.3. The van der Waals surface area contributed by atoms with Gasteiger partial charge in [0.05, 0.1) is 23.1 Å². The molecule has 30 heavy (non-hydrogen) atoms. The van der Waals surface area contributed by atoms with E-state index < -0.39 is 11.5 Å². The van der Waals surface area contributed by atoms with Crippen molar-refractivity contribution in [3.8, 4) is 16.3 Å². The molecule has 1 amide bonds. The number of likely N-dealkylation sites (tertiary alicyclic amines) is 1. The molecule has 6 nitrogen and oxygen atoms in total. The number of rotatable bonds is 3. The van der Waals surface area contributed by atoms with Crippen molar-refractivity contribution in [3.05, 3.63) is 53.6 Å². The zero-order valence-corrected chi connectivity index (χ0v) is 18.2. The number of hydrogen-bond acceptors (Lipinski definition) is 5. The standard InChI is InChI=1S/C22H25FN4O2S/c1-22(2,3)29-21(28)26-11-9-15(10-12-26)18-14-30-20(25-18)17-13-24-27(19(17)23)16-7-5-4-6-8-16/h4-8,13-15H,9-12H2,1-3H3. The van der Waals surface area contributed by atoms with Crippen LogP contribution in [0.25, 0.3) is 16.3 Å². The number of carbonyl (C=O) groups excluding carboxylic acids is 1. The molecular formula is C22H25FN4O2S. The van der Waals surface area contributed by atoms with Crippen molar-refractivity contribution in [3.63, 3.8) is 0 Å². The minimum absolute atomic E-state index is 0.251. The Morgan fingerprint density at radius 2 is 1.90 bits per heavy atom. The summed E-state index contributed by atoms with van der Waals surface area (Å²) in [5.41, 5.74) is 1.53. The quantitative estimate of drug-likeness (QED) is 0.572. The molecule has 3 aromatic rings. The first-order chi connectivity index (χ1) is 14.3. The predicted molar refractivity (Wildman–Crippen MR) is 114 cm³/mol. The van der Waals surface area contributed by atoms with Crippen LogP contribution in [0.1, 0.15) is 45.2 Å². The highest BCUT2D eigenvalue weighted by molar-refractivity contribution is 7.13. The molecule has 0 N–H and O–H groups in total. The summed E-state index contributed by atoms with van der Waals surface area (Å²) in [7, 11) is 0. The normalized spacial score (nSPS) is 15.4. The molecule has 0 atom stereocenters. The maximum Gasteiger partial charge on any atom is 0.410 e. The fourth-order valence-corrected chi connectivity index (χ4v) is 4.41. The number of hydrogen-bond donors (Lipinski definition) is 0. The lowest BCUT2D eigenvalue weighted by Gasteiger charge is -2.32. The minimum atomic E-state index is -0.494. The van der Waals surface area contributed by atoms with E-state index in [-0.39, 0.29) is 12.0 Å². The summed E-state index contributed by atoms with van der Waals surface area (Å²) >= 11 is 1.42. The molecule has 1 aromatic carbocycles. The van der Waals surface area contributed by atoms with Crippen molar-refractivity contribution in [2.75, 3.05) is 13.1 Å². The van der Waals surface area contributed by atoms with Crippen molar-refractivity contribution in [1.82, 2.24) is 19.7 Å². The number of carbonyl (C=O) groups is 1. The molecule has 0 aliphatic carbocycles. The van der Waals surface area contributed by atoms with E-state index in [2.05, 4.69) is 5.10 Å². The molecule has 4 rings (SSSR count). The Balaban J connectivity index is 1.43. The van der Waals surface area contributed by atoms with E-state index >= 15 is 0 Å². The Hall–Kier alpha value is -2.74. The summed E-state index contributed by atoms with van der Waals surface area (Å²) in [5, 5.41) is 6.81. The Morgan fingerprint density at radius 3 is 2.57 bits per heavy atom. The molecule has 0 saturated carbocycles. The smallest absolute Gasteiger partial charge is 0.410 e. The van der Waals surface area contributed by atoms with Gasteiger partial charge < -0.3 is 9.64 Å². The second-order valence-electron chi connectivity index (χ2n) is 8.42. The lowest BCUT2D eigenvalue weighted by atomic mass is 9.94. The van der Waals surface area contributed by atoms with Gasteiger partial charge in [0.2, 0.25) is 5.95 Å². The van der Waals surface area contributed by atoms with E-state index in [1.165, 1.54) is 22.2 Å². The lowest BCUT2D eigenvalue weighted by molar-refractivity contribution is 0.0204. The van der Waals surface area contributed by atoms with Crippen LogP contribution in [0.3, 0.4) is 0 Å². The Kier molecular flexibility index (Phi) is 5.60. The molecule has 2 aromatic heterocycles. The maximum absolute atomic E-state index is 14.9. The van der Waals surface area contributed by atoms with Crippen molar-refractivity contribution in [2.24, 2.45) is 0 Å². The fourth-order valence-electron chi connectivity index (χ4n) is 3.51. The Morgan fingerprint density at radius 1 is 1.20 bits per heavy atom. The molecule has 0 unspecified atom stereocenters. The Bertz CT molecular complexity index is 1020. The van der Waals surface area contributed by atoms with Crippen LogP contribution < -0.4 is 0 Å². The predicted octanol–water partition coefficient (Wildman–Crippen LogP) is 5.25. The highest BCUT2D eigenvalue weighted by Crippen LogP contribution is 2.34. The fraction of sp³-hybridized carbons (Fsp3) is 0.409. The molecule has 1 aliphatic rings. The van der Waals surface area contributed by atoms with E-state index in [1.54, 1.807) is 4.90 Å². The SMILES string of the molecule is CC(C)(C)OC(=O)N1CCC(c2csc(-c3cnn(-c4ccccc4)c3F)n2)CC1. The van der Waals surface area contributed by atoms with Crippen molar-refractivity contribution in [2.45, 2.75) is 45.1 Å². The lowest BCUT2D eigenvalue weighted by Crippen LogP contribution is -2.41. The summed E-state index contributed by atoms with van der Waals surface area (Å²) in [6, 6.07) is 9.20. The number of aromatic nitrogens is 3. The topological polar surface area (TPSA) is 60.2 Å². The van der Waals surface area contributed by atoms with Crippen LogP contribution in [-0.2, 0) is 4.74 Å². The van der Waals surface area contributed by atoms with Gasteiger partial charge in [-0.3, -0.25) is 0 Å². The van der Waals surface area contributed by atoms with Crippen molar-refractivity contribution in [1.29, 1.82) is 0 Å². The van der Waals surface area contributed by atoms with Gasteiger partial charge in [-0.15, -0.1) is 11.3 Å². The highest BCUT2D eigenvalue weighted by atomic mass is 32.1. The van der Waals surface area contributed by atoms with Crippen LogP contribution in [0.15, 0.2) is 41.9 Å².